The molecule has 0 amide bonds. The maximum Gasteiger partial charge on any atom is 0.276 e. The van der Waals surface area contributed by atoms with Gasteiger partial charge in [-0.05, 0) is 35.9 Å². The zero-order valence-corrected chi connectivity index (χ0v) is 12.2. The van der Waals surface area contributed by atoms with Crippen molar-refractivity contribution in [3.8, 4) is 0 Å². The summed E-state index contributed by atoms with van der Waals surface area (Å²) < 4.78 is 1.61. The molecule has 1 heterocycles. The van der Waals surface area contributed by atoms with Crippen LogP contribution in [0.4, 0.5) is 0 Å². The third-order valence-electron chi connectivity index (χ3n) is 3.31. The van der Waals surface area contributed by atoms with Crippen molar-refractivity contribution in [2.45, 2.75) is 0 Å². The summed E-state index contributed by atoms with van der Waals surface area (Å²) in [6.45, 7) is 0. The van der Waals surface area contributed by atoms with Crippen molar-refractivity contribution in [3.05, 3.63) is 75.2 Å². The monoisotopic (exact) mass is 296 g/mol. The number of para-hydroxylation sites is 2. The summed E-state index contributed by atoms with van der Waals surface area (Å²) in [7, 11) is 1.76. The van der Waals surface area contributed by atoms with Gasteiger partial charge in [-0.2, -0.15) is 0 Å². The first-order valence-electron chi connectivity index (χ1n) is 6.54. The maximum atomic E-state index is 12.3. The topological polar surface area (TPSA) is 34.9 Å². The number of fused-ring (bicyclic) bond motifs is 1. The summed E-state index contributed by atoms with van der Waals surface area (Å²) >= 11 is 5.85. The van der Waals surface area contributed by atoms with Crippen LogP contribution in [0.1, 0.15) is 11.3 Å². The van der Waals surface area contributed by atoms with E-state index in [1.165, 1.54) is 0 Å². The SMILES string of the molecule is Cn1c(=O)c(/C=C/c2ccc(Cl)cc2)nc2ccccc21. The molecule has 0 aliphatic rings. The molecule has 1 aromatic heterocycles. The minimum absolute atomic E-state index is 0.112. The lowest BCUT2D eigenvalue weighted by atomic mass is 10.2. The van der Waals surface area contributed by atoms with Crippen molar-refractivity contribution in [2.75, 3.05) is 0 Å². The number of nitrogens with zero attached hydrogens (tertiary/aromatic N) is 2. The van der Waals surface area contributed by atoms with E-state index in [1.54, 1.807) is 17.7 Å². The number of benzene rings is 2. The van der Waals surface area contributed by atoms with Gasteiger partial charge < -0.3 is 4.57 Å². The van der Waals surface area contributed by atoms with Gasteiger partial charge in [0.15, 0.2) is 0 Å². The first-order valence-corrected chi connectivity index (χ1v) is 6.92. The third kappa shape index (κ3) is 2.73. The molecule has 0 saturated heterocycles. The van der Waals surface area contributed by atoms with Crippen molar-refractivity contribution in [1.29, 1.82) is 0 Å². The molecule has 0 fully saturated rings. The summed E-state index contributed by atoms with van der Waals surface area (Å²) in [6, 6.07) is 15.0. The van der Waals surface area contributed by atoms with Gasteiger partial charge in [0.1, 0.15) is 5.69 Å². The number of hydrogen-bond acceptors (Lipinski definition) is 2. The van der Waals surface area contributed by atoms with Crippen molar-refractivity contribution >= 4 is 34.8 Å². The fourth-order valence-electron chi connectivity index (χ4n) is 2.16. The largest absolute Gasteiger partial charge is 0.308 e. The summed E-state index contributed by atoms with van der Waals surface area (Å²) in [6.07, 6.45) is 3.59. The fourth-order valence-corrected chi connectivity index (χ4v) is 2.28. The quantitative estimate of drug-likeness (QED) is 0.722. The Hall–Kier alpha value is -2.39. The van der Waals surface area contributed by atoms with Gasteiger partial charge in [0.25, 0.3) is 5.56 Å². The maximum absolute atomic E-state index is 12.3. The molecule has 0 radical (unpaired) electrons. The van der Waals surface area contributed by atoms with Crippen LogP contribution >= 0.6 is 11.6 Å². The van der Waals surface area contributed by atoms with Crippen molar-refractivity contribution in [2.24, 2.45) is 7.05 Å². The van der Waals surface area contributed by atoms with Crippen LogP contribution in [0.3, 0.4) is 0 Å². The molecule has 3 nitrogen and oxygen atoms in total. The van der Waals surface area contributed by atoms with E-state index < -0.39 is 0 Å². The Bertz CT molecular complexity index is 879. The van der Waals surface area contributed by atoms with E-state index in [2.05, 4.69) is 4.98 Å². The lowest BCUT2D eigenvalue weighted by molar-refractivity contribution is 0.887. The van der Waals surface area contributed by atoms with Gasteiger partial charge in [0, 0.05) is 12.1 Å². The van der Waals surface area contributed by atoms with Gasteiger partial charge >= 0.3 is 0 Å². The van der Waals surface area contributed by atoms with E-state index in [1.807, 2.05) is 54.6 Å². The van der Waals surface area contributed by atoms with Crippen LogP contribution in [0.2, 0.25) is 5.02 Å². The summed E-state index contributed by atoms with van der Waals surface area (Å²) in [4.78, 5) is 16.7. The molecule has 104 valence electrons. The highest BCUT2D eigenvalue weighted by atomic mass is 35.5. The smallest absolute Gasteiger partial charge is 0.276 e. The first kappa shape index (κ1) is 13.6. The van der Waals surface area contributed by atoms with Gasteiger partial charge in [0.05, 0.1) is 11.0 Å². The highest BCUT2D eigenvalue weighted by Gasteiger charge is 2.05. The van der Waals surface area contributed by atoms with Crippen LogP contribution in [-0.2, 0) is 7.05 Å². The van der Waals surface area contributed by atoms with Crippen molar-refractivity contribution in [3.63, 3.8) is 0 Å². The van der Waals surface area contributed by atoms with Gasteiger partial charge in [-0.15, -0.1) is 0 Å². The van der Waals surface area contributed by atoms with Gasteiger partial charge in [-0.3, -0.25) is 4.79 Å². The molecule has 0 atom stereocenters. The minimum atomic E-state index is -0.112. The van der Waals surface area contributed by atoms with E-state index in [0.29, 0.717) is 10.7 Å². The molecule has 0 unspecified atom stereocenters. The van der Waals surface area contributed by atoms with E-state index in [9.17, 15) is 4.79 Å². The average molecular weight is 297 g/mol. The second kappa shape index (κ2) is 5.54. The molecule has 2 aromatic carbocycles. The number of halogens is 1. The fraction of sp³-hybridized carbons (Fsp3) is 0.0588. The zero-order chi connectivity index (χ0) is 14.8. The Kier molecular flexibility index (Phi) is 3.59. The van der Waals surface area contributed by atoms with E-state index in [4.69, 9.17) is 11.6 Å². The molecule has 0 bridgehead atoms. The second-order valence-corrected chi connectivity index (χ2v) is 5.17. The van der Waals surface area contributed by atoms with Crippen molar-refractivity contribution in [1.82, 2.24) is 9.55 Å². The molecule has 0 saturated carbocycles. The van der Waals surface area contributed by atoms with Crippen LogP contribution in [-0.4, -0.2) is 9.55 Å². The number of aromatic nitrogens is 2. The Labute approximate surface area is 127 Å². The highest BCUT2D eigenvalue weighted by molar-refractivity contribution is 6.30. The van der Waals surface area contributed by atoms with Gasteiger partial charge in [0.2, 0.25) is 0 Å². The molecule has 0 aliphatic heterocycles. The summed E-state index contributed by atoms with van der Waals surface area (Å²) in [5.74, 6) is 0. The predicted molar refractivity (Wildman–Crippen MR) is 87.4 cm³/mol. The van der Waals surface area contributed by atoms with E-state index >= 15 is 0 Å². The van der Waals surface area contributed by atoms with Crippen LogP contribution in [0.15, 0.2) is 53.3 Å². The Balaban J connectivity index is 2.06. The molecule has 4 heteroatoms. The number of rotatable bonds is 2. The van der Waals surface area contributed by atoms with Gasteiger partial charge in [-0.1, -0.05) is 41.9 Å². The molecule has 3 rings (SSSR count). The molecule has 0 N–H and O–H groups in total. The highest BCUT2D eigenvalue weighted by Crippen LogP contribution is 2.13. The molecular formula is C17H13ClN2O. The Morgan fingerprint density at radius 3 is 2.52 bits per heavy atom. The molecule has 21 heavy (non-hydrogen) atoms. The molecular weight excluding hydrogens is 284 g/mol. The Morgan fingerprint density at radius 1 is 1.05 bits per heavy atom. The van der Waals surface area contributed by atoms with E-state index in [0.717, 1.165) is 16.6 Å². The number of hydrogen-bond donors (Lipinski definition) is 0. The van der Waals surface area contributed by atoms with Crippen LogP contribution in [0, 0.1) is 0 Å². The summed E-state index contributed by atoms with van der Waals surface area (Å²) in [5, 5.41) is 0.687. The minimum Gasteiger partial charge on any atom is -0.308 e. The molecule has 0 aliphatic carbocycles. The predicted octanol–water partition coefficient (Wildman–Crippen LogP) is 3.76. The average Bonchev–Trinajstić information content (AvgIpc) is 2.51. The lowest BCUT2D eigenvalue weighted by Crippen LogP contribution is -2.21. The third-order valence-corrected chi connectivity index (χ3v) is 3.56. The summed E-state index contributed by atoms with van der Waals surface area (Å²) in [5.41, 5.74) is 2.91. The normalized spacial score (nSPS) is 11.3. The lowest BCUT2D eigenvalue weighted by Gasteiger charge is -2.05. The number of aryl methyl sites for hydroxylation is 1. The van der Waals surface area contributed by atoms with Crippen LogP contribution in [0.25, 0.3) is 23.2 Å². The molecule has 3 aromatic rings. The first-order chi connectivity index (χ1) is 10.1. The second-order valence-electron chi connectivity index (χ2n) is 4.73. The van der Waals surface area contributed by atoms with Crippen molar-refractivity contribution < 1.29 is 0 Å². The standard InChI is InChI=1S/C17H13ClN2O/c1-20-16-5-3-2-4-14(16)19-15(17(20)21)11-8-12-6-9-13(18)10-7-12/h2-11H,1H3/b11-8+. The van der Waals surface area contributed by atoms with Crippen LogP contribution in [0.5, 0.6) is 0 Å². The van der Waals surface area contributed by atoms with E-state index in [-0.39, 0.29) is 5.56 Å². The van der Waals surface area contributed by atoms with Crippen LogP contribution < -0.4 is 5.56 Å². The van der Waals surface area contributed by atoms with Gasteiger partial charge in [-0.25, -0.2) is 4.98 Å². The zero-order valence-electron chi connectivity index (χ0n) is 11.5. The molecule has 0 spiro atoms. The Morgan fingerprint density at radius 2 is 1.76 bits per heavy atom.